The van der Waals surface area contributed by atoms with E-state index in [-0.39, 0.29) is 12.5 Å². The van der Waals surface area contributed by atoms with Crippen molar-refractivity contribution in [3.63, 3.8) is 0 Å². The molecule has 1 rings (SSSR count). The van der Waals surface area contributed by atoms with Gasteiger partial charge in [-0.05, 0) is 31.6 Å². The smallest absolute Gasteiger partial charge is 0.235 e. The summed E-state index contributed by atoms with van der Waals surface area (Å²) in [6, 6.07) is 0. The number of nitrogens with zero attached hydrogens (tertiary/aromatic N) is 1. The van der Waals surface area contributed by atoms with Gasteiger partial charge >= 0.3 is 0 Å². The van der Waals surface area contributed by atoms with Crippen LogP contribution in [0.25, 0.3) is 0 Å². The molecule has 1 amide bonds. The monoisotopic (exact) mass is 300 g/mol. The molecule has 3 N–H and O–H groups in total. The number of piperidine rings is 1. The molecule has 0 unspecified atom stereocenters. The Bertz CT molecular complexity index is 333. The van der Waals surface area contributed by atoms with E-state index in [0.717, 1.165) is 38.5 Å². The van der Waals surface area contributed by atoms with Gasteiger partial charge in [0.25, 0.3) is 0 Å². The number of nitrogens with two attached hydrogens (primary N) is 1. The van der Waals surface area contributed by atoms with Crippen molar-refractivity contribution in [2.24, 2.45) is 17.1 Å². The van der Waals surface area contributed by atoms with Crippen LogP contribution >= 0.6 is 12.2 Å². The molecule has 0 spiro atoms. The molecule has 20 heavy (non-hydrogen) atoms. The van der Waals surface area contributed by atoms with Gasteiger partial charge in [0, 0.05) is 19.7 Å². The average molecular weight is 300 g/mol. The minimum Gasteiger partial charge on any atom is -0.396 e. The standard InChI is InChI=1S/C15H28N2O2S/c1-3-7-15(8-4-2,13(16)20)14(19)17-9-5-12(11-18)6-10-17/h12,18H,3-11H2,1-2H3,(H2,16,20). The number of rotatable bonds is 7. The molecule has 1 saturated heterocycles. The quantitative estimate of drug-likeness (QED) is 0.707. The summed E-state index contributed by atoms with van der Waals surface area (Å²) in [5.41, 5.74) is 5.29. The Balaban J connectivity index is 2.85. The maximum absolute atomic E-state index is 12.9. The second-order valence-electron chi connectivity index (χ2n) is 5.86. The third kappa shape index (κ3) is 3.70. The van der Waals surface area contributed by atoms with Crippen LogP contribution in [0, 0.1) is 11.3 Å². The predicted molar refractivity (Wildman–Crippen MR) is 85.4 cm³/mol. The fourth-order valence-corrected chi connectivity index (χ4v) is 3.46. The van der Waals surface area contributed by atoms with Crippen LogP contribution in [-0.2, 0) is 4.79 Å². The lowest BCUT2D eigenvalue weighted by molar-refractivity contribution is -0.140. The molecule has 0 bridgehead atoms. The Morgan fingerprint density at radius 2 is 1.80 bits per heavy atom. The molecule has 1 heterocycles. The zero-order valence-corrected chi connectivity index (χ0v) is 13.5. The van der Waals surface area contributed by atoms with Gasteiger partial charge in [0.2, 0.25) is 5.91 Å². The lowest BCUT2D eigenvalue weighted by Crippen LogP contribution is -2.52. The average Bonchev–Trinajstić information content (AvgIpc) is 2.46. The number of thiocarbonyl (C=S) groups is 1. The molecule has 1 fully saturated rings. The number of hydrogen-bond donors (Lipinski definition) is 2. The summed E-state index contributed by atoms with van der Waals surface area (Å²) in [7, 11) is 0. The van der Waals surface area contributed by atoms with Gasteiger partial charge in [0.15, 0.2) is 0 Å². The van der Waals surface area contributed by atoms with E-state index in [2.05, 4.69) is 13.8 Å². The minimum atomic E-state index is -0.662. The minimum absolute atomic E-state index is 0.102. The molecular formula is C15H28N2O2S. The fourth-order valence-electron chi connectivity index (χ4n) is 3.17. The molecule has 1 aliphatic heterocycles. The molecule has 0 atom stereocenters. The number of carbonyl (C=O) groups excluding carboxylic acids is 1. The molecule has 5 heteroatoms. The van der Waals surface area contributed by atoms with E-state index in [9.17, 15) is 9.90 Å². The number of hydrogen-bond acceptors (Lipinski definition) is 3. The second kappa shape index (κ2) is 7.93. The fraction of sp³-hybridized carbons (Fsp3) is 0.867. The van der Waals surface area contributed by atoms with Crippen LogP contribution in [0.15, 0.2) is 0 Å². The highest BCUT2D eigenvalue weighted by Crippen LogP contribution is 2.34. The van der Waals surface area contributed by atoms with Gasteiger partial charge < -0.3 is 15.7 Å². The highest BCUT2D eigenvalue weighted by Gasteiger charge is 2.43. The summed E-state index contributed by atoms with van der Waals surface area (Å²) in [6.45, 7) is 5.76. The molecule has 0 saturated carbocycles. The summed E-state index contributed by atoms with van der Waals surface area (Å²) in [4.78, 5) is 15.2. The van der Waals surface area contributed by atoms with Crippen LogP contribution in [0.3, 0.4) is 0 Å². The zero-order chi connectivity index (χ0) is 15.2. The lowest BCUT2D eigenvalue weighted by atomic mass is 9.77. The largest absolute Gasteiger partial charge is 0.396 e. The molecule has 1 aliphatic rings. The van der Waals surface area contributed by atoms with Crippen molar-refractivity contribution < 1.29 is 9.90 Å². The van der Waals surface area contributed by atoms with Crippen LogP contribution in [0.4, 0.5) is 0 Å². The first-order valence-electron chi connectivity index (χ1n) is 7.72. The molecule has 0 aromatic heterocycles. The summed E-state index contributed by atoms with van der Waals surface area (Å²) in [5.74, 6) is 0.431. The van der Waals surface area contributed by atoms with E-state index < -0.39 is 5.41 Å². The number of likely N-dealkylation sites (tertiary alicyclic amines) is 1. The van der Waals surface area contributed by atoms with Gasteiger partial charge in [-0.2, -0.15) is 0 Å². The normalized spacial score (nSPS) is 17.2. The van der Waals surface area contributed by atoms with E-state index in [1.807, 2.05) is 4.90 Å². The van der Waals surface area contributed by atoms with Crippen LogP contribution in [0.5, 0.6) is 0 Å². The number of carbonyl (C=O) groups is 1. The molecule has 0 aliphatic carbocycles. The van der Waals surface area contributed by atoms with E-state index in [0.29, 0.717) is 24.0 Å². The Labute approximate surface area is 127 Å². The van der Waals surface area contributed by atoms with Gasteiger partial charge in [-0.3, -0.25) is 4.79 Å². The van der Waals surface area contributed by atoms with Crippen molar-refractivity contribution in [3.8, 4) is 0 Å². The van der Waals surface area contributed by atoms with Crippen molar-refractivity contribution in [2.75, 3.05) is 19.7 Å². The number of aliphatic hydroxyl groups is 1. The third-order valence-corrected chi connectivity index (χ3v) is 4.79. The van der Waals surface area contributed by atoms with Gasteiger partial charge in [-0.15, -0.1) is 0 Å². The maximum atomic E-state index is 12.9. The molecule has 116 valence electrons. The van der Waals surface area contributed by atoms with E-state index >= 15 is 0 Å². The summed E-state index contributed by atoms with van der Waals surface area (Å²) in [6.07, 6.45) is 5.00. The Kier molecular flexibility index (Phi) is 6.89. The predicted octanol–water partition coefficient (Wildman–Crippen LogP) is 2.09. The summed E-state index contributed by atoms with van der Waals surface area (Å²) >= 11 is 5.24. The second-order valence-corrected chi connectivity index (χ2v) is 6.30. The van der Waals surface area contributed by atoms with Crippen molar-refractivity contribution in [1.29, 1.82) is 0 Å². The van der Waals surface area contributed by atoms with Gasteiger partial charge in [-0.1, -0.05) is 38.9 Å². The molecule has 0 aromatic carbocycles. The van der Waals surface area contributed by atoms with Crippen LogP contribution in [-0.4, -0.2) is 40.6 Å². The van der Waals surface area contributed by atoms with E-state index in [1.54, 1.807) is 0 Å². The number of aliphatic hydroxyl groups excluding tert-OH is 1. The number of amides is 1. The third-order valence-electron chi connectivity index (χ3n) is 4.39. The highest BCUT2D eigenvalue weighted by atomic mass is 32.1. The zero-order valence-electron chi connectivity index (χ0n) is 12.7. The molecular weight excluding hydrogens is 272 g/mol. The van der Waals surface area contributed by atoms with E-state index in [1.165, 1.54) is 0 Å². The van der Waals surface area contributed by atoms with Crippen molar-refractivity contribution >= 4 is 23.1 Å². The maximum Gasteiger partial charge on any atom is 0.235 e. The lowest BCUT2D eigenvalue weighted by Gasteiger charge is -2.39. The van der Waals surface area contributed by atoms with Crippen molar-refractivity contribution in [2.45, 2.75) is 52.4 Å². The first-order chi connectivity index (χ1) is 9.51. The Morgan fingerprint density at radius 1 is 1.30 bits per heavy atom. The SMILES string of the molecule is CCCC(CCC)(C(=O)N1CCC(CO)CC1)C(N)=S. The van der Waals surface area contributed by atoms with Crippen LogP contribution < -0.4 is 5.73 Å². The molecule has 0 aromatic rings. The first-order valence-corrected chi connectivity index (χ1v) is 8.12. The van der Waals surface area contributed by atoms with Gasteiger partial charge in [0.05, 0.1) is 10.4 Å². The van der Waals surface area contributed by atoms with Crippen molar-refractivity contribution in [3.05, 3.63) is 0 Å². The van der Waals surface area contributed by atoms with Crippen LogP contribution in [0.2, 0.25) is 0 Å². The molecule has 4 nitrogen and oxygen atoms in total. The Morgan fingerprint density at radius 3 is 2.15 bits per heavy atom. The van der Waals surface area contributed by atoms with Crippen molar-refractivity contribution in [1.82, 2.24) is 4.90 Å². The van der Waals surface area contributed by atoms with Crippen LogP contribution in [0.1, 0.15) is 52.4 Å². The van der Waals surface area contributed by atoms with E-state index in [4.69, 9.17) is 18.0 Å². The highest BCUT2D eigenvalue weighted by molar-refractivity contribution is 7.80. The topological polar surface area (TPSA) is 66.6 Å². The summed E-state index contributed by atoms with van der Waals surface area (Å²) < 4.78 is 0. The molecule has 0 radical (unpaired) electrons. The van der Waals surface area contributed by atoms with Gasteiger partial charge in [0.1, 0.15) is 0 Å². The first kappa shape index (κ1) is 17.4. The Hall–Kier alpha value is -0.680. The summed E-state index contributed by atoms with van der Waals surface area (Å²) in [5, 5.41) is 9.19. The van der Waals surface area contributed by atoms with Gasteiger partial charge in [-0.25, -0.2) is 0 Å².